The van der Waals surface area contributed by atoms with Gasteiger partial charge in [0.25, 0.3) is 0 Å². The number of carboxylic acid groups (broad SMARTS) is 1. The summed E-state index contributed by atoms with van der Waals surface area (Å²) in [7, 11) is 0. The zero-order valence-electron chi connectivity index (χ0n) is 25.3. The molecule has 0 bridgehead atoms. The molecule has 4 heterocycles. The van der Waals surface area contributed by atoms with E-state index in [-0.39, 0.29) is 65.9 Å². The number of amides is 2. The van der Waals surface area contributed by atoms with Crippen molar-refractivity contribution in [1.82, 2.24) is 9.88 Å². The molecular formula is C31H27F5N4O9. The molecule has 0 spiro atoms. The Kier molecular flexibility index (Phi) is 7.60. The molecule has 1 aromatic heterocycles. The van der Waals surface area contributed by atoms with Crippen LogP contribution in [0.15, 0.2) is 35.3 Å². The molecule has 13 nitrogen and oxygen atoms in total. The number of alkyl halides is 3. The summed E-state index contributed by atoms with van der Waals surface area (Å²) in [5, 5.41) is 22.5. The number of nitrogens with one attached hydrogen (secondary N) is 1. The smallest absolute Gasteiger partial charge is 0.471 e. The van der Waals surface area contributed by atoms with Gasteiger partial charge in [0.2, 0.25) is 5.43 Å². The van der Waals surface area contributed by atoms with Crippen LogP contribution in [0.4, 0.5) is 38.1 Å². The van der Waals surface area contributed by atoms with Crippen molar-refractivity contribution in [3.05, 3.63) is 57.9 Å². The molecule has 7 rings (SSSR count). The molecule has 3 aromatic rings. The van der Waals surface area contributed by atoms with Crippen LogP contribution in [0.3, 0.4) is 0 Å². The molecular weight excluding hydrogens is 667 g/mol. The number of aromatic nitrogens is 1. The third-order valence-electron chi connectivity index (χ3n) is 8.94. The van der Waals surface area contributed by atoms with E-state index in [0.717, 1.165) is 29.9 Å². The van der Waals surface area contributed by atoms with E-state index in [0.29, 0.717) is 0 Å². The summed E-state index contributed by atoms with van der Waals surface area (Å²) >= 11 is 0. The lowest BCUT2D eigenvalue weighted by Gasteiger charge is -2.34. The lowest BCUT2D eigenvalue weighted by atomic mass is 10.0. The van der Waals surface area contributed by atoms with Gasteiger partial charge in [0.1, 0.15) is 36.2 Å². The first kappa shape index (κ1) is 32.4. The summed E-state index contributed by atoms with van der Waals surface area (Å²) < 4.78 is 86.4. The van der Waals surface area contributed by atoms with Crippen molar-refractivity contribution in [3.8, 4) is 11.5 Å². The van der Waals surface area contributed by atoms with Gasteiger partial charge in [0.15, 0.2) is 23.1 Å². The van der Waals surface area contributed by atoms with E-state index in [2.05, 4.69) is 0 Å². The van der Waals surface area contributed by atoms with Crippen LogP contribution in [0.2, 0.25) is 0 Å². The molecule has 3 aliphatic heterocycles. The van der Waals surface area contributed by atoms with Crippen LogP contribution in [-0.2, 0) is 9.53 Å². The average Bonchev–Trinajstić information content (AvgIpc) is 3.72. The highest BCUT2D eigenvalue weighted by Crippen LogP contribution is 2.48. The predicted octanol–water partition coefficient (Wildman–Crippen LogP) is 3.10. The maximum absolute atomic E-state index is 15.7. The van der Waals surface area contributed by atoms with Crippen LogP contribution in [0, 0.1) is 11.6 Å². The zero-order valence-corrected chi connectivity index (χ0v) is 25.3. The Labute approximate surface area is 272 Å². The number of cyclic esters (lactones) is 1. The molecule has 0 unspecified atom stereocenters. The lowest BCUT2D eigenvalue weighted by Crippen LogP contribution is -2.41. The Morgan fingerprint density at radius 1 is 1.10 bits per heavy atom. The Balaban J connectivity index is 1.06. The molecule has 3 atom stereocenters. The minimum absolute atomic E-state index is 0.000796. The number of aromatic carboxylic acids is 1. The monoisotopic (exact) mass is 694 g/mol. The number of halogens is 5. The number of hydrogen-bond donors (Lipinski definition) is 3. The number of carboxylic acids is 1. The van der Waals surface area contributed by atoms with Gasteiger partial charge in [-0.1, -0.05) is 0 Å². The fraction of sp³-hybridized carbons (Fsp3) is 0.419. The number of hydrogen-bond acceptors (Lipinski definition) is 9. The quantitative estimate of drug-likeness (QED) is 0.299. The topological polar surface area (TPSA) is 160 Å². The second-order valence-electron chi connectivity index (χ2n) is 12.5. The van der Waals surface area contributed by atoms with Crippen LogP contribution in [0.5, 0.6) is 11.5 Å². The van der Waals surface area contributed by atoms with E-state index in [9.17, 15) is 42.6 Å². The Morgan fingerprint density at radius 3 is 2.53 bits per heavy atom. The first-order valence-electron chi connectivity index (χ1n) is 15.2. The number of ether oxygens (including phenoxy) is 3. The maximum Gasteiger partial charge on any atom is 0.471 e. The summed E-state index contributed by atoms with van der Waals surface area (Å²) in [5.74, 6) is -5.63. The van der Waals surface area contributed by atoms with Crippen LogP contribution in [0.25, 0.3) is 10.9 Å². The maximum atomic E-state index is 15.7. The van der Waals surface area contributed by atoms with Crippen molar-refractivity contribution in [1.29, 1.82) is 0 Å². The number of carbonyl (C=O) groups excluding carboxylic acids is 2. The van der Waals surface area contributed by atoms with E-state index < -0.39 is 77.7 Å². The number of benzene rings is 2. The molecule has 260 valence electrons. The van der Waals surface area contributed by atoms with Crippen molar-refractivity contribution < 1.29 is 60.8 Å². The first-order valence-corrected chi connectivity index (χ1v) is 15.2. The number of anilines is 2. The third-order valence-corrected chi connectivity index (χ3v) is 8.94. The summed E-state index contributed by atoms with van der Waals surface area (Å²) in [4.78, 5) is 50.6. The first-order chi connectivity index (χ1) is 23.1. The molecule has 49 heavy (non-hydrogen) atoms. The second-order valence-corrected chi connectivity index (χ2v) is 12.5. The van der Waals surface area contributed by atoms with Crippen LogP contribution in [0.1, 0.15) is 35.7 Å². The number of nitrogens with zero attached hydrogens (tertiary/aromatic N) is 3. The van der Waals surface area contributed by atoms with Crippen molar-refractivity contribution in [2.24, 2.45) is 0 Å². The van der Waals surface area contributed by atoms with Crippen molar-refractivity contribution >= 4 is 40.2 Å². The van der Waals surface area contributed by atoms with Gasteiger partial charge >= 0.3 is 24.1 Å². The molecule has 3 fully saturated rings. The molecule has 18 heteroatoms. The van der Waals surface area contributed by atoms with Gasteiger partial charge in [-0.3, -0.25) is 14.5 Å². The Bertz CT molecular complexity index is 1970. The van der Waals surface area contributed by atoms with E-state index in [1.807, 2.05) is 0 Å². The van der Waals surface area contributed by atoms with E-state index in [4.69, 9.17) is 14.2 Å². The Hall–Kier alpha value is -5.13. The van der Waals surface area contributed by atoms with Crippen molar-refractivity contribution in [3.63, 3.8) is 0 Å². The fourth-order valence-electron chi connectivity index (χ4n) is 6.53. The van der Waals surface area contributed by atoms with Gasteiger partial charge in [0, 0.05) is 24.7 Å². The zero-order chi connectivity index (χ0) is 35.0. The fourth-order valence-corrected chi connectivity index (χ4v) is 6.53. The van der Waals surface area contributed by atoms with Crippen molar-refractivity contribution in [2.45, 2.75) is 49.2 Å². The van der Waals surface area contributed by atoms with Gasteiger partial charge in [-0.2, -0.15) is 13.2 Å². The minimum atomic E-state index is -5.11. The standard InChI is InChI=1S/C31H27F5N4O9/c32-20-5-15(39-9-17(49-29(39)45)8-37-28(44)31(34,35)36)3-4-22(20)48-13-30(46)7-16-11-47-26-23-18(6-21(33)24(26)40(16)12-30)25(41)19(27(42)43)10-38(23)14-1-2-14/h3-6,10,14,16-17,46H,1-2,7-9,11-13H2,(H,37,44)(H,42,43)/t16-,17-,30-/m0/s1. The van der Waals surface area contributed by atoms with E-state index >= 15 is 8.78 Å². The molecule has 3 N–H and O–H groups in total. The molecule has 2 aromatic carbocycles. The second kappa shape index (κ2) is 11.5. The summed E-state index contributed by atoms with van der Waals surface area (Å²) in [5.41, 5.74) is -2.67. The average molecular weight is 695 g/mol. The lowest BCUT2D eigenvalue weighted by molar-refractivity contribution is -0.173. The summed E-state index contributed by atoms with van der Waals surface area (Å²) in [6, 6.07) is 3.80. The van der Waals surface area contributed by atoms with E-state index in [1.54, 1.807) is 14.8 Å². The van der Waals surface area contributed by atoms with Crippen molar-refractivity contribution in [2.75, 3.05) is 42.6 Å². The van der Waals surface area contributed by atoms with Crippen LogP contribution >= 0.6 is 0 Å². The van der Waals surface area contributed by atoms with Gasteiger partial charge in [-0.25, -0.2) is 18.4 Å². The summed E-state index contributed by atoms with van der Waals surface area (Å²) in [6.07, 6.45) is -4.43. The molecule has 2 saturated heterocycles. The SMILES string of the molecule is O=C(O)c1cn(C2CC2)c2c3c(c(F)cc2c1=O)N1C[C@](O)(COc2ccc(N4C[C@H](CNC(=O)C(F)(F)F)OC4=O)cc2F)C[C@H]1CO3. The highest BCUT2D eigenvalue weighted by molar-refractivity contribution is 5.97. The molecule has 2 amide bonds. The number of pyridine rings is 1. The molecule has 1 saturated carbocycles. The largest absolute Gasteiger partial charge is 0.487 e. The number of rotatable bonds is 8. The predicted molar refractivity (Wildman–Crippen MR) is 158 cm³/mol. The molecule has 0 radical (unpaired) electrons. The molecule has 1 aliphatic carbocycles. The van der Waals surface area contributed by atoms with Gasteiger partial charge < -0.3 is 39.2 Å². The Morgan fingerprint density at radius 2 is 1.86 bits per heavy atom. The van der Waals surface area contributed by atoms with Crippen LogP contribution in [-0.4, -0.2) is 89.5 Å². The van der Waals surface area contributed by atoms with Crippen LogP contribution < -0.4 is 30.0 Å². The van der Waals surface area contributed by atoms with Gasteiger partial charge in [-0.15, -0.1) is 0 Å². The van der Waals surface area contributed by atoms with E-state index in [1.165, 1.54) is 18.3 Å². The normalized spacial score (nSPS) is 23.2. The highest BCUT2D eigenvalue weighted by atomic mass is 19.4. The number of fused-ring (bicyclic) bond motifs is 5. The highest BCUT2D eigenvalue weighted by Gasteiger charge is 2.48. The third kappa shape index (κ3) is 5.83. The minimum Gasteiger partial charge on any atom is -0.487 e. The van der Waals surface area contributed by atoms with Gasteiger partial charge in [0.05, 0.1) is 42.3 Å². The summed E-state index contributed by atoms with van der Waals surface area (Å²) in [6.45, 7) is -1.45. The molecule has 4 aliphatic rings. The van der Waals surface area contributed by atoms with Gasteiger partial charge in [-0.05, 0) is 31.0 Å². The number of aliphatic hydroxyl groups is 1. The number of carbonyl (C=O) groups is 3.